The van der Waals surface area contributed by atoms with Crippen LogP contribution in [0, 0.1) is 12.8 Å². The average molecular weight is 368 g/mol. The molecule has 1 heterocycles. The first-order valence-corrected chi connectivity index (χ1v) is 8.88. The van der Waals surface area contributed by atoms with E-state index in [9.17, 15) is 9.59 Å². The highest BCUT2D eigenvalue weighted by Gasteiger charge is 2.29. The van der Waals surface area contributed by atoms with E-state index in [1.807, 2.05) is 19.9 Å². The molecule has 2 rings (SSSR count). The zero-order valence-corrected chi connectivity index (χ0v) is 16.2. The van der Waals surface area contributed by atoms with Crippen LogP contribution in [0.2, 0.25) is 0 Å². The number of hydrogen-bond acceptors (Lipinski definition) is 3. The van der Waals surface area contributed by atoms with Crippen LogP contribution in [0.5, 0.6) is 0 Å². The fourth-order valence-electron chi connectivity index (χ4n) is 3.28. The summed E-state index contributed by atoms with van der Waals surface area (Å²) in [6.45, 7) is 7.23. The lowest BCUT2D eigenvalue weighted by Gasteiger charge is -2.33. The van der Waals surface area contributed by atoms with Gasteiger partial charge in [0.2, 0.25) is 5.91 Å². The van der Waals surface area contributed by atoms with Crippen LogP contribution in [0.3, 0.4) is 0 Å². The predicted molar refractivity (Wildman–Crippen MR) is 104 cm³/mol. The van der Waals surface area contributed by atoms with Crippen molar-refractivity contribution in [1.82, 2.24) is 10.2 Å². The molecule has 0 bridgehead atoms. The van der Waals surface area contributed by atoms with Gasteiger partial charge in [-0.3, -0.25) is 9.59 Å². The third-order valence-electron chi connectivity index (χ3n) is 4.68. The van der Waals surface area contributed by atoms with Gasteiger partial charge >= 0.3 is 0 Å². The predicted octanol–water partition coefficient (Wildman–Crippen LogP) is 3.16. The maximum absolute atomic E-state index is 12.8. The number of nitrogen functional groups attached to an aromatic ring is 1. The molecule has 0 aliphatic carbocycles. The highest BCUT2D eigenvalue weighted by Crippen LogP contribution is 2.21. The maximum atomic E-state index is 12.8. The molecule has 1 aromatic rings. The Kier molecular flexibility index (Phi) is 8.23. The Morgan fingerprint density at radius 2 is 2.12 bits per heavy atom. The van der Waals surface area contributed by atoms with Crippen LogP contribution in [0.25, 0.3) is 0 Å². The Labute approximate surface area is 156 Å². The summed E-state index contributed by atoms with van der Waals surface area (Å²) in [5, 5.41) is 3.07. The summed E-state index contributed by atoms with van der Waals surface area (Å²) in [7, 11) is 0. The minimum Gasteiger partial charge on any atom is -0.399 e. The molecule has 1 aromatic carbocycles. The molecule has 5 nitrogen and oxygen atoms in total. The van der Waals surface area contributed by atoms with E-state index in [0.717, 1.165) is 31.2 Å². The van der Waals surface area contributed by atoms with Gasteiger partial charge in [0.05, 0.1) is 5.92 Å². The molecule has 2 amide bonds. The number of carbonyl (C=O) groups excluding carboxylic acids is 2. The summed E-state index contributed by atoms with van der Waals surface area (Å²) < 4.78 is 0. The number of nitrogens with zero attached hydrogens (tertiary/aromatic N) is 1. The Bertz CT molecular complexity index is 606. The molecule has 140 valence electrons. The van der Waals surface area contributed by atoms with Crippen molar-refractivity contribution in [2.24, 2.45) is 5.92 Å². The third-order valence-corrected chi connectivity index (χ3v) is 4.68. The Balaban J connectivity index is 0.00000312. The van der Waals surface area contributed by atoms with Gasteiger partial charge in [0.25, 0.3) is 5.91 Å². The van der Waals surface area contributed by atoms with Crippen LogP contribution in [0.1, 0.15) is 55.5 Å². The van der Waals surface area contributed by atoms with Crippen molar-refractivity contribution >= 4 is 29.9 Å². The molecule has 2 unspecified atom stereocenters. The first kappa shape index (κ1) is 21.3. The first-order chi connectivity index (χ1) is 11.4. The van der Waals surface area contributed by atoms with Crippen LogP contribution in [-0.4, -0.2) is 35.8 Å². The molecular formula is C19H30ClN3O2. The number of nitrogens with two attached hydrogens (primary N) is 1. The molecule has 6 heteroatoms. The minimum absolute atomic E-state index is 0. The molecular weight excluding hydrogens is 338 g/mol. The van der Waals surface area contributed by atoms with E-state index in [-0.39, 0.29) is 36.2 Å². The summed E-state index contributed by atoms with van der Waals surface area (Å²) in [4.78, 5) is 27.0. The second kappa shape index (κ2) is 9.66. The van der Waals surface area contributed by atoms with Gasteiger partial charge in [0, 0.05) is 30.4 Å². The van der Waals surface area contributed by atoms with Gasteiger partial charge in [0.15, 0.2) is 0 Å². The van der Waals surface area contributed by atoms with Crippen LogP contribution in [-0.2, 0) is 4.79 Å². The molecule has 0 radical (unpaired) electrons. The summed E-state index contributed by atoms with van der Waals surface area (Å²) in [6.07, 6.45) is 3.72. The van der Waals surface area contributed by atoms with Crippen molar-refractivity contribution in [3.63, 3.8) is 0 Å². The van der Waals surface area contributed by atoms with Gasteiger partial charge in [-0.15, -0.1) is 12.4 Å². The molecule has 0 saturated carbocycles. The molecule has 1 fully saturated rings. The maximum Gasteiger partial charge on any atom is 0.254 e. The lowest BCUT2D eigenvalue weighted by Crippen LogP contribution is -2.47. The number of benzene rings is 1. The van der Waals surface area contributed by atoms with Crippen molar-refractivity contribution in [2.45, 2.75) is 52.5 Å². The van der Waals surface area contributed by atoms with Crippen molar-refractivity contribution in [3.8, 4) is 0 Å². The molecule has 0 aromatic heterocycles. The minimum atomic E-state index is -0.122. The van der Waals surface area contributed by atoms with E-state index in [1.54, 1.807) is 17.0 Å². The van der Waals surface area contributed by atoms with Crippen molar-refractivity contribution < 1.29 is 9.59 Å². The average Bonchev–Trinajstić information content (AvgIpc) is 2.56. The molecule has 3 N–H and O–H groups in total. The van der Waals surface area contributed by atoms with E-state index in [2.05, 4.69) is 12.2 Å². The van der Waals surface area contributed by atoms with Crippen LogP contribution in [0.4, 0.5) is 5.69 Å². The molecule has 1 aliphatic heterocycles. The zero-order valence-electron chi connectivity index (χ0n) is 15.4. The van der Waals surface area contributed by atoms with Gasteiger partial charge in [-0.25, -0.2) is 0 Å². The lowest BCUT2D eigenvalue weighted by molar-refractivity contribution is -0.127. The normalized spacial score (nSPS) is 18.2. The zero-order chi connectivity index (χ0) is 17.7. The highest BCUT2D eigenvalue weighted by molar-refractivity contribution is 5.97. The summed E-state index contributed by atoms with van der Waals surface area (Å²) >= 11 is 0. The Morgan fingerprint density at radius 3 is 2.80 bits per heavy atom. The number of hydrogen-bond donors (Lipinski definition) is 2. The quantitative estimate of drug-likeness (QED) is 0.785. The Morgan fingerprint density at radius 1 is 1.40 bits per heavy atom. The van der Waals surface area contributed by atoms with Crippen LogP contribution < -0.4 is 11.1 Å². The summed E-state index contributed by atoms with van der Waals surface area (Å²) in [6, 6.07) is 5.58. The standard InChI is InChI=1S/C19H29N3O2.ClH/c1-4-6-14(3)21-18(23)15-7-5-10-22(12-15)19(24)17-11-16(20)9-8-13(17)2;/h8-9,11,14-15H,4-7,10,12,20H2,1-3H3,(H,21,23);1H. The van der Waals surface area contributed by atoms with Crippen LogP contribution >= 0.6 is 12.4 Å². The van der Waals surface area contributed by atoms with Crippen molar-refractivity contribution in [1.29, 1.82) is 0 Å². The number of anilines is 1. The van der Waals surface area contributed by atoms with Crippen molar-refractivity contribution in [2.75, 3.05) is 18.8 Å². The number of nitrogens with one attached hydrogen (secondary N) is 1. The van der Waals surface area contributed by atoms with Crippen molar-refractivity contribution in [3.05, 3.63) is 29.3 Å². The lowest BCUT2D eigenvalue weighted by atomic mass is 9.95. The molecule has 1 saturated heterocycles. The number of halogens is 1. The van der Waals surface area contributed by atoms with E-state index in [1.165, 1.54) is 0 Å². The monoisotopic (exact) mass is 367 g/mol. The van der Waals surface area contributed by atoms with Crippen LogP contribution in [0.15, 0.2) is 18.2 Å². The van der Waals surface area contributed by atoms with Gasteiger partial charge in [-0.1, -0.05) is 19.4 Å². The largest absolute Gasteiger partial charge is 0.399 e. The van der Waals surface area contributed by atoms with Gasteiger partial charge in [-0.2, -0.15) is 0 Å². The number of aryl methyl sites for hydroxylation is 1. The molecule has 0 spiro atoms. The number of rotatable bonds is 5. The van der Waals surface area contributed by atoms with Gasteiger partial charge in [-0.05, 0) is 50.8 Å². The van der Waals surface area contributed by atoms with Gasteiger partial charge in [0.1, 0.15) is 0 Å². The van der Waals surface area contributed by atoms with E-state index in [0.29, 0.717) is 24.3 Å². The van der Waals surface area contributed by atoms with E-state index >= 15 is 0 Å². The second-order valence-electron chi connectivity index (χ2n) is 6.86. The summed E-state index contributed by atoms with van der Waals surface area (Å²) in [5.41, 5.74) is 7.95. The SMILES string of the molecule is CCCC(C)NC(=O)C1CCCN(C(=O)c2cc(N)ccc2C)C1.Cl. The smallest absolute Gasteiger partial charge is 0.254 e. The second-order valence-corrected chi connectivity index (χ2v) is 6.86. The topological polar surface area (TPSA) is 75.4 Å². The number of amides is 2. The number of piperidine rings is 1. The molecule has 25 heavy (non-hydrogen) atoms. The highest BCUT2D eigenvalue weighted by atomic mass is 35.5. The first-order valence-electron chi connectivity index (χ1n) is 8.88. The van der Waals surface area contributed by atoms with E-state index in [4.69, 9.17) is 5.73 Å². The molecule has 2 atom stereocenters. The summed E-state index contributed by atoms with van der Waals surface area (Å²) in [5.74, 6) is -0.0833. The Hall–Kier alpha value is -1.75. The fourth-order valence-corrected chi connectivity index (χ4v) is 3.28. The van der Waals surface area contributed by atoms with Gasteiger partial charge < -0.3 is 16.0 Å². The third kappa shape index (κ3) is 5.63. The molecule has 1 aliphatic rings. The number of carbonyl (C=O) groups is 2. The number of likely N-dealkylation sites (tertiary alicyclic amines) is 1. The van der Waals surface area contributed by atoms with E-state index < -0.39 is 0 Å². The fraction of sp³-hybridized carbons (Fsp3) is 0.579.